The van der Waals surface area contributed by atoms with Crippen LogP contribution in [0.5, 0.6) is 11.5 Å². The van der Waals surface area contributed by atoms with Gasteiger partial charge in [0, 0.05) is 19.1 Å². The summed E-state index contributed by atoms with van der Waals surface area (Å²) >= 11 is 0. The lowest BCUT2D eigenvalue weighted by Crippen LogP contribution is -2.26. The number of anilines is 1. The molecule has 0 aliphatic carbocycles. The lowest BCUT2D eigenvalue weighted by molar-refractivity contribution is 0.253. The number of rotatable bonds is 12. The van der Waals surface area contributed by atoms with Gasteiger partial charge in [0.1, 0.15) is 18.1 Å². The van der Waals surface area contributed by atoms with E-state index in [9.17, 15) is 4.79 Å². The summed E-state index contributed by atoms with van der Waals surface area (Å²) in [5.41, 5.74) is 3.98. The molecule has 0 heterocycles. The van der Waals surface area contributed by atoms with Crippen LogP contribution in [0.4, 0.5) is 10.5 Å². The third-order valence-corrected chi connectivity index (χ3v) is 6.01. The van der Waals surface area contributed by atoms with Gasteiger partial charge in [0.25, 0.3) is 0 Å². The molecule has 0 bridgehead atoms. The first-order valence-electron chi connectivity index (χ1n) is 12.2. The lowest BCUT2D eigenvalue weighted by Gasteiger charge is -2.25. The molecule has 3 aromatic rings. The lowest BCUT2D eigenvalue weighted by atomic mass is 9.98. The second kappa shape index (κ2) is 13.4. The smallest absolute Gasteiger partial charge is 0.319 e. The number of urea groups is 1. The molecule has 3 aromatic carbocycles. The molecule has 0 saturated carbocycles. The van der Waals surface area contributed by atoms with Crippen molar-refractivity contribution in [2.24, 2.45) is 0 Å². The molecule has 2 atom stereocenters. The molecule has 0 saturated heterocycles. The summed E-state index contributed by atoms with van der Waals surface area (Å²) in [6, 6.07) is 24.1. The molecular formula is C29H37N3O3. The molecule has 6 heteroatoms. The van der Waals surface area contributed by atoms with E-state index in [1.54, 1.807) is 14.2 Å². The quantitative estimate of drug-likeness (QED) is 0.276. The van der Waals surface area contributed by atoms with Crippen LogP contribution >= 0.6 is 0 Å². The number of carbonyl (C=O) groups excluding carboxylic acids is 1. The molecule has 0 spiro atoms. The van der Waals surface area contributed by atoms with Crippen molar-refractivity contribution in [1.82, 2.24) is 10.6 Å². The van der Waals surface area contributed by atoms with Crippen LogP contribution in [0.3, 0.4) is 0 Å². The van der Waals surface area contributed by atoms with Gasteiger partial charge in [-0.05, 0) is 54.3 Å². The zero-order chi connectivity index (χ0) is 25.0. The molecular weight excluding hydrogens is 438 g/mol. The fourth-order valence-corrected chi connectivity index (χ4v) is 3.97. The summed E-state index contributed by atoms with van der Waals surface area (Å²) in [5, 5.41) is 9.34. The van der Waals surface area contributed by atoms with Crippen LogP contribution in [0.15, 0.2) is 72.8 Å². The molecule has 2 unspecified atom stereocenters. The molecule has 35 heavy (non-hydrogen) atoms. The average Bonchev–Trinajstić information content (AvgIpc) is 2.90. The minimum absolute atomic E-state index is 0.115. The first-order valence-corrected chi connectivity index (χ1v) is 12.2. The standard InChI is InChI=1S/C29H37N3O3/c1-5-6-15-26(31-21(2)23-13-10-14-25(18-23)34-4)24-16-17-28(27(19-24)32-29(33)30-3)35-20-22-11-8-7-9-12-22/h7-14,16-19,21,26,31H,5-6,15,20H2,1-4H3,(H2,30,32,33). The Hall–Kier alpha value is -3.51. The molecule has 186 valence electrons. The second-order valence-corrected chi connectivity index (χ2v) is 8.59. The summed E-state index contributed by atoms with van der Waals surface area (Å²) in [4.78, 5) is 12.2. The van der Waals surface area contributed by atoms with Crippen molar-refractivity contribution in [3.63, 3.8) is 0 Å². The largest absolute Gasteiger partial charge is 0.497 e. The van der Waals surface area contributed by atoms with Crippen LogP contribution in [0.25, 0.3) is 0 Å². The van der Waals surface area contributed by atoms with Gasteiger partial charge >= 0.3 is 6.03 Å². The number of unbranched alkanes of at least 4 members (excludes halogenated alkanes) is 1. The van der Waals surface area contributed by atoms with Crippen molar-refractivity contribution >= 4 is 11.7 Å². The molecule has 3 rings (SSSR count). The summed E-state index contributed by atoms with van der Waals surface area (Å²) in [5.74, 6) is 1.48. The summed E-state index contributed by atoms with van der Waals surface area (Å²) in [6.07, 6.45) is 3.18. The average molecular weight is 476 g/mol. The number of methoxy groups -OCH3 is 1. The Morgan fingerprint density at radius 3 is 2.49 bits per heavy atom. The predicted molar refractivity (Wildman–Crippen MR) is 142 cm³/mol. The molecule has 6 nitrogen and oxygen atoms in total. The van der Waals surface area contributed by atoms with Gasteiger partial charge in [-0.1, -0.05) is 68.3 Å². The SMILES string of the molecule is CCCCC(NC(C)c1cccc(OC)c1)c1ccc(OCc2ccccc2)c(NC(=O)NC)c1. The van der Waals surface area contributed by atoms with E-state index in [-0.39, 0.29) is 18.1 Å². The van der Waals surface area contributed by atoms with Crippen LogP contribution in [0.1, 0.15) is 61.9 Å². The molecule has 0 radical (unpaired) electrons. The Morgan fingerprint density at radius 1 is 0.971 bits per heavy atom. The van der Waals surface area contributed by atoms with Crippen LogP contribution in [-0.4, -0.2) is 20.2 Å². The summed E-state index contributed by atoms with van der Waals surface area (Å²) < 4.78 is 11.5. The topological polar surface area (TPSA) is 71.6 Å². The van der Waals surface area contributed by atoms with Crippen molar-refractivity contribution in [2.45, 2.75) is 51.8 Å². The van der Waals surface area contributed by atoms with E-state index in [1.807, 2.05) is 54.6 Å². The van der Waals surface area contributed by atoms with Gasteiger partial charge in [-0.25, -0.2) is 4.79 Å². The highest BCUT2D eigenvalue weighted by molar-refractivity contribution is 5.90. The fourth-order valence-electron chi connectivity index (χ4n) is 3.97. The third-order valence-electron chi connectivity index (χ3n) is 6.01. The Kier molecular flexibility index (Phi) is 9.99. The molecule has 0 aliphatic rings. The third kappa shape index (κ3) is 7.76. The summed E-state index contributed by atoms with van der Waals surface area (Å²) in [6.45, 7) is 4.78. The Balaban J connectivity index is 1.85. The van der Waals surface area contributed by atoms with Crippen LogP contribution in [0.2, 0.25) is 0 Å². The van der Waals surface area contributed by atoms with E-state index < -0.39 is 0 Å². The van der Waals surface area contributed by atoms with Gasteiger partial charge in [-0.15, -0.1) is 0 Å². The number of carbonyl (C=O) groups is 1. The molecule has 0 fully saturated rings. The van der Waals surface area contributed by atoms with Gasteiger partial charge in [-0.2, -0.15) is 0 Å². The normalized spacial score (nSPS) is 12.5. The van der Waals surface area contributed by atoms with E-state index in [0.717, 1.165) is 41.7 Å². The van der Waals surface area contributed by atoms with Crippen molar-refractivity contribution in [1.29, 1.82) is 0 Å². The van der Waals surface area contributed by atoms with E-state index in [0.29, 0.717) is 18.0 Å². The van der Waals surface area contributed by atoms with Crippen molar-refractivity contribution in [3.05, 3.63) is 89.5 Å². The number of hydrogen-bond donors (Lipinski definition) is 3. The monoisotopic (exact) mass is 475 g/mol. The fraction of sp³-hybridized carbons (Fsp3) is 0.345. The molecule has 3 N–H and O–H groups in total. The number of amides is 2. The number of nitrogens with one attached hydrogen (secondary N) is 3. The Morgan fingerprint density at radius 2 is 1.77 bits per heavy atom. The minimum atomic E-state index is -0.283. The first-order chi connectivity index (χ1) is 17.0. The van der Waals surface area contributed by atoms with Gasteiger partial charge in [0.2, 0.25) is 0 Å². The molecule has 0 aromatic heterocycles. The zero-order valence-electron chi connectivity index (χ0n) is 21.1. The van der Waals surface area contributed by atoms with Crippen molar-refractivity contribution < 1.29 is 14.3 Å². The Bertz CT molecular complexity index is 1070. The zero-order valence-corrected chi connectivity index (χ0v) is 21.1. The van der Waals surface area contributed by atoms with Crippen molar-refractivity contribution in [2.75, 3.05) is 19.5 Å². The minimum Gasteiger partial charge on any atom is -0.497 e. The van der Waals surface area contributed by atoms with Crippen molar-refractivity contribution in [3.8, 4) is 11.5 Å². The van der Waals surface area contributed by atoms with Crippen LogP contribution < -0.4 is 25.4 Å². The van der Waals surface area contributed by atoms with E-state index >= 15 is 0 Å². The van der Waals surface area contributed by atoms with E-state index in [2.05, 4.69) is 48.0 Å². The highest BCUT2D eigenvalue weighted by Gasteiger charge is 2.18. The highest BCUT2D eigenvalue weighted by atomic mass is 16.5. The van der Waals surface area contributed by atoms with Crippen LogP contribution in [-0.2, 0) is 6.61 Å². The van der Waals surface area contributed by atoms with Gasteiger partial charge < -0.3 is 25.4 Å². The first kappa shape index (κ1) is 26.1. The van der Waals surface area contributed by atoms with Gasteiger partial charge in [0.15, 0.2) is 0 Å². The maximum absolute atomic E-state index is 12.2. The second-order valence-electron chi connectivity index (χ2n) is 8.59. The highest BCUT2D eigenvalue weighted by Crippen LogP contribution is 2.32. The maximum Gasteiger partial charge on any atom is 0.319 e. The number of benzene rings is 3. The van der Waals surface area contributed by atoms with E-state index in [1.165, 1.54) is 0 Å². The molecule has 2 amide bonds. The molecule has 0 aliphatic heterocycles. The van der Waals surface area contributed by atoms with E-state index in [4.69, 9.17) is 9.47 Å². The number of ether oxygens (including phenoxy) is 2. The van der Waals surface area contributed by atoms with Gasteiger partial charge in [-0.3, -0.25) is 0 Å². The van der Waals surface area contributed by atoms with Crippen LogP contribution in [0, 0.1) is 0 Å². The number of hydrogen-bond acceptors (Lipinski definition) is 4. The summed E-state index contributed by atoms with van der Waals surface area (Å²) in [7, 11) is 3.29. The Labute approximate surface area is 209 Å². The van der Waals surface area contributed by atoms with Gasteiger partial charge in [0.05, 0.1) is 12.8 Å². The predicted octanol–water partition coefficient (Wildman–Crippen LogP) is 6.61. The maximum atomic E-state index is 12.2.